The molecule has 2 aliphatic heterocycles. The summed E-state index contributed by atoms with van der Waals surface area (Å²) in [5, 5.41) is 9.89. The van der Waals surface area contributed by atoms with Crippen LogP contribution in [0.1, 0.15) is 64.0 Å². The van der Waals surface area contributed by atoms with Crippen LogP contribution >= 0.6 is 0 Å². The molecule has 1 N–H and O–H groups in total. The van der Waals surface area contributed by atoms with Gasteiger partial charge in [-0.05, 0) is 81.1 Å². The van der Waals surface area contributed by atoms with Crippen LogP contribution in [0.4, 0.5) is 0 Å². The number of benzene rings is 1. The van der Waals surface area contributed by atoms with Crippen LogP contribution in [0.2, 0.25) is 0 Å². The van der Waals surface area contributed by atoms with Crippen LogP contribution in [0.25, 0.3) is 0 Å². The Labute approximate surface area is 147 Å². The highest BCUT2D eigenvalue weighted by Gasteiger charge is 2.34. The first-order valence-corrected chi connectivity index (χ1v) is 9.79. The maximum absolute atomic E-state index is 9.89. The molecular formula is C21H33NO2. The number of likely N-dealkylation sites (tertiary alicyclic amines) is 1. The summed E-state index contributed by atoms with van der Waals surface area (Å²) in [6.07, 6.45) is 7.96. The minimum atomic E-state index is 0.383. The topological polar surface area (TPSA) is 32.7 Å². The number of aromatic hydroxyl groups is 1. The first-order chi connectivity index (χ1) is 11.6. The van der Waals surface area contributed by atoms with Crippen molar-refractivity contribution < 1.29 is 9.84 Å². The van der Waals surface area contributed by atoms with E-state index < -0.39 is 0 Å². The molecule has 134 valence electrons. The summed E-state index contributed by atoms with van der Waals surface area (Å²) < 4.78 is 5.88. The van der Waals surface area contributed by atoms with E-state index >= 15 is 0 Å². The normalized spacial score (nSPS) is 31.9. The molecule has 2 unspecified atom stereocenters. The highest BCUT2D eigenvalue weighted by atomic mass is 16.5. The first-order valence-electron chi connectivity index (χ1n) is 9.79. The van der Waals surface area contributed by atoms with Gasteiger partial charge in [-0.3, -0.25) is 4.90 Å². The van der Waals surface area contributed by atoms with Crippen molar-refractivity contribution in [3.63, 3.8) is 0 Å². The summed E-state index contributed by atoms with van der Waals surface area (Å²) in [7, 11) is 0. The standard InChI is InChI=1S/C21H33NO2/c1-16-11-13-22(12-6-10-20-9-3-4-14-24-20)21(17(16)2)18-7-5-8-19(23)15-18/h5,7-8,15-17,20-21,23H,3-4,6,9-14H2,1-2H3/t16-,17+,20?,21?/m0/s1. The summed E-state index contributed by atoms with van der Waals surface area (Å²) in [4.78, 5) is 2.64. The fourth-order valence-corrected chi connectivity index (χ4v) is 4.45. The van der Waals surface area contributed by atoms with Gasteiger partial charge in [0.2, 0.25) is 0 Å². The number of hydrogen-bond donors (Lipinski definition) is 1. The smallest absolute Gasteiger partial charge is 0.115 e. The average Bonchev–Trinajstić information content (AvgIpc) is 2.59. The van der Waals surface area contributed by atoms with Crippen LogP contribution in [0.15, 0.2) is 24.3 Å². The molecule has 0 amide bonds. The van der Waals surface area contributed by atoms with Crippen molar-refractivity contribution in [2.75, 3.05) is 19.7 Å². The molecule has 2 fully saturated rings. The van der Waals surface area contributed by atoms with Gasteiger partial charge in [-0.25, -0.2) is 0 Å². The van der Waals surface area contributed by atoms with Gasteiger partial charge in [0.1, 0.15) is 5.75 Å². The van der Waals surface area contributed by atoms with Crippen LogP contribution in [-0.2, 0) is 4.74 Å². The summed E-state index contributed by atoms with van der Waals surface area (Å²) in [5.41, 5.74) is 1.27. The van der Waals surface area contributed by atoms with Gasteiger partial charge in [-0.15, -0.1) is 0 Å². The molecule has 2 aliphatic rings. The van der Waals surface area contributed by atoms with Crippen LogP contribution in [0.3, 0.4) is 0 Å². The molecule has 2 heterocycles. The maximum atomic E-state index is 9.89. The zero-order valence-electron chi connectivity index (χ0n) is 15.3. The van der Waals surface area contributed by atoms with E-state index in [0.717, 1.165) is 25.6 Å². The van der Waals surface area contributed by atoms with E-state index in [0.29, 0.717) is 23.8 Å². The largest absolute Gasteiger partial charge is 0.508 e. The zero-order valence-corrected chi connectivity index (χ0v) is 15.3. The molecule has 0 aromatic heterocycles. The summed E-state index contributed by atoms with van der Waals surface area (Å²) in [6, 6.07) is 8.30. The van der Waals surface area contributed by atoms with Gasteiger partial charge in [0.15, 0.2) is 0 Å². The maximum Gasteiger partial charge on any atom is 0.115 e. The lowest BCUT2D eigenvalue weighted by Crippen LogP contribution is -2.42. The van der Waals surface area contributed by atoms with Crippen molar-refractivity contribution in [3.05, 3.63) is 29.8 Å². The molecule has 3 nitrogen and oxygen atoms in total. The Balaban J connectivity index is 1.63. The van der Waals surface area contributed by atoms with Crippen LogP contribution < -0.4 is 0 Å². The molecule has 2 saturated heterocycles. The second-order valence-electron chi connectivity index (χ2n) is 7.83. The molecular weight excluding hydrogens is 298 g/mol. The Hall–Kier alpha value is -1.06. The van der Waals surface area contributed by atoms with Crippen molar-refractivity contribution in [3.8, 4) is 5.75 Å². The first kappa shape index (κ1) is 17.8. The Morgan fingerprint density at radius 2 is 2.08 bits per heavy atom. The molecule has 4 atom stereocenters. The quantitative estimate of drug-likeness (QED) is 0.844. The van der Waals surface area contributed by atoms with Gasteiger partial charge in [-0.1, -0.05) is 26.0 Å². The number of phenols is 1. The van der Waals surface area contributed by atoms with Crippen LogP contribution in [-0.4, -0.2) is 35.8 Å². The van der Waals surface area contributed by atoms with E-state index in [9.17, 15) is 5.11 Å². The van der Waals surface area contributed by atoms with Crippen molar-refractivity contribution in [2.45, 2.75) is 64.5 Å². The van der Waals surface area contributed by atoms with E-state index in [4.69, 9.17) is 4.74 Å². The minimum Gasteiger partial charge on any atom is -0.508 e. The lowest BCUT2D eigenvalue weighted by molar-refractivity contribution is 0.00419. The van der Waals surface area contributed by atoms with E-state index in [2.05, 4.69) is 24.8 Å². The fourth-order valence-electron chi connectivity index (χ4n) is 4.45. The van der Waals surface area contributed by atoms with Gasteiger partial charge in [0, 0.05) is 12.6 Å². The molecule has 3 rings (SSSR count). The zero-order chi connectivity index (χ0) is 16.9. The van der Waals surface area contributed by atoms with E-state index in [-0.39, 0.29) is 0 Å². The Morgan fingerprint density at radius 1 is 1.21 bits per heavy atom. The molecule has 1 aromatic rings. The van der Waals surface area contributed by atoms with E-state index in [1.807, 2.05) is 12.1 Å². The lowest BCUT2D eigenvalue weighted by atomic mass is 9.79. The van der Waals surface area contributed by atoms with Gasteiger partial charge in [0.25, 0.3) is 0 Å². The van der Waals surface area contributed by atoms with E-state index in [1.165, 1.54) is 44.1 Å². The highest BCUT2D eigenvalue weighted by Crippen LogP contribution is 2.40. The third-order valence-corrected chi connectivity index (χ3v) is 6.12. The fraction of sp³-hybridized carbons (Fsp3) is 0.714. The van der Waals surface area contributed by atoms with Crippen LogP contribution in [0.5, 0.6) is 5.75 Å². The molecule has 0 spiro atoms. The van der Waals surface area contributed by atoms with E-state index in [1.54, 1.807) is 6.07 Å². The molecule has 3 heteroatoms. The van der Waals surface area contributed by atoms with Gasteiger partial charge in [-0.2, -0.15) is 0 Å². The summed E-state index contributed by atoms with van der Waals surface area (Å²) in [5.74, 6) is 1.73. The number of phenolic OH excluding ortho intramolecular Hbond substituents is 1. The Morgan fingerprint density at radius 3 is 2.83 bits per heavy atom. The van der Waals surface area contributed by atoms with Gasteiger partial charge in [0.05, 0.1) is 6.10 Å². The third-order valence-electron chi connectivity index (χ3n) is 6.12. The number of hydrogen-bond acceptors (Lipinski definition) is 3. The number of nitrogens with zero attached hydrogens (tertiary/aromatic N) is 1. The summed E-state index contributed by atoms with van der Waals surface area (Å²) in [6.45, 7) is 7.99. The number of piperidine rings is 1. The number of rotatable bonds is 5. The predicted octanol–water partition coefficient (Wildman–Crippen LogP) is 4.76. The number of ether oxygens (including phenoxy) is 1. The molecule has 0 radical (unpaired) electrons. The molecule has 24 heavy (non-hydrogen) atoms. The molecule has 0 saturated carbocycles. The lowest BCUT2D eigenvalue weighted by Gasteiger charge is -2.44. The van der Waals surface area contributed by atoms with Crippen molar-refractivity contribution in [1.29, 1.82) is 0 Å². The van der Waals surface area contributed by atoms with Crippen molar-refractivity contribution >= 4 is 0 Å². The van der Waals surface area contributed by atoms with Crippen molar-refractivity contribution in [1.82, 2.24) is 4.90 Å². The molecule has 0 bridgehead atoms. The SMILES string of the molecule is C[C@H]1CCN(CCCC2CCCCO2)C(c2cccc(O)c2)[C@@H]1C. The van der Waals surface area contributed by atoms with Crippen LogP contribution in [0, 0.1) is 11.8 Å². The van der Waals surface area contributed by atoms with Gasteiger partial charge < -0.3 is 9.84 Å². The minimum absolute atomic E-state index is 0.383. The van der Waals surface area contributed by atoms with Crippen molar-refractivity contribution in [2.24, 2.45) is 11.8 Å². The van der Waals surface area contributed by atoms with Gasteiger partial charge >= 0.3 is 0 Å². The predicted molar refractivity (Wildman–Crippen MR) is 98.2 cm³/mol. The molecule has 0 aliphatic carbocycles. The Kier molecular flexibility index (Phi) is 6.18. The average molecular weight is 332 g/mol. The Bertz CT molecular complexity index is 512. The molecule has 1 aromatic carbocycles. The highest BCUT2D eigenvalue weighted by molar-refractivity contribution is 5.30. The second-order valence-corrected chi connectivity index (χ2v) is 7.83. The monoisotopic (exact) mass is 331 g/mol. The second kappa shape index (κ2) is 8.35. The third kappa shape index (κ3) is 4.31. The summed E-state index contributed by atoms with van der Waals surface area (Å²) >= 11 is 0.